The van der Waals surface area contributed by atoms with Gasteiger partial charge in [0.15, 0.2) is 0 Å². The molecule has 4 atom stereocenters. The molecule has 0 radical (unpaired) electrons. The summed E-state index contributed by atoms with van der Waals surface area (Å²) in [7, 11) is 0. The van der Waals surface area contributed by atoms with Gasteiger partial charge in [0, 0.05) is 6.04 Å². The van der Waals surface area contributed by atoms with E-state index in [0.717, 1.165) is 12.8 Å². The smallest absolute Gasteiger partial charge is 0.450 e. The van der Waals surface area contributed by atoms with Crippen LogP contribution in [0.1, 0.15) is 26.7 Å². The fourth-order valence-electron chi connectivity index (χ4n) is 3.06. The summed E-state index contributed by atoms with van der Waals surface area (Å²) < 4.78 is 4.79. The van der Waals surface area contributed by atoms with E-state index in [-0.39, 0.29) is 17.6 Å². The van der Waals surface area contributed by atoms with Gasteiger partial charge >= 0.3 is 6.16 Å². The van der Waals surface area contributed by atoms with Crippen LogP contribution >= 0.6 is 0 Å². The molecular formula is C10H17NO3. The highest BCUT2D eigenvalue weighted by Crippen LogP contribution is 2.59. The Morgan fingerprint density at radius 2 is 2.14 bits per heavy atom. The van der Waals surface area contributed by atoms with Crippen LogP contribution in [0.25, 0.3) is 0 Å². The Morgan fingerprint density at radius 3 is 2.57 bits per heavy atom. The molecule has 4 nitrogen and oxygen atoms in total. The first kappa shape index (κ1) is 9.77. The molecule has 0 heterocycles. The second kappa shape index (κ2) is 2.86. The number of carboxylic acid groups (broad SMARTS) is 1. The van der Waals surface area contributed by atoms with Crippen molar-refractivity contribution in [3.63, 3.8) is 0 Å². The van der Waals surface area contributed by atoms with Gasteiger partial charge in [0.05, 0.1) is 0 Å². The van der Waals surface area contributed by atoms with Gasteiger partial charge in [-0.15, -0.1) is 0 Å². The second-order valence-corrected chi connectivity index (χ2v) is 5.10. The van der Waals surface area contributed by atoms with E-state index in [2.05, 4.69) is 13.8 Å². The van der Waals surface area contributed by atoms with Gasteiger partial charge in [-0.25, -0.2) is 4.79 Å². The number of ether oxygens (including phenoxy) is 1. The summed E-state index contributed by atoms with van der Waals surface area (Å²) in [6, 6.07) is -0.119. The van der Waals surface area contributed by atoms with Gasteiger partial charge in [-0.05, 0) is 30.1 Å². The van der Waals surface area contributed by atoms with Crippen molar-refractivity contribution in [3.8, 4) is 0 Å². The first-order valence-corrected chi connectivity index (χ1v) is 5.08. The molecule has 14 heavy (non-hydrogen) atoms. The van der Waals surface area contributed by atoms with Crippen LogP contribution in [0.3, 0.4) is 0 Å². The van der Waals surface area contributed by atoms with Gasteiger partial charge < -0.3 is 15.6 Å². The van der Waals surface area contributed by atoms with Crippen molar-refractivity contribution in [3.05, 3.63) is 0 Å². The van der Waals surface area contributed by atoms with Crippen molar-refractivity contribution in [2.45, 2.75) is 38.8 Å². The molecule has 0 aromatic carbocycles. The normalized spacial score (nSPS) is 43.9. The Kier molecular flexibility index (Phi) is 2.00. The van der Waals surface area contributed by atoms with Crippen molar-refractivity contribution in [1.29, 1.82) is 0 Å². The molecule has 80 valence electrons. The molecule has 0 amide bonds. The Morgan fingerprint density at radius 1 is 1.50 bits per heavy atom. The van der Waals surface area contributed by atoms with Gasteiger partial charge in [0.25, 0.3) is 0 Å². The number of carbonyl (C=O) groups is 1. The van der Waals surface area contributed by atoms with E-state index in [9.17, 15) is 4.79 Å². The molecule has 2 bridgehead atoms. The quantitative estimate of drug-likeness (QED) is 0.627. The lowest BCUT2D eigenvalue weighted by Crippen LogP contribution is -2.64. The zero-order chi connectivity index (χ0) is 10.5. The van der Waals surface area contributed by atoms with Gasteiger partial charge in [-0.2, -0.15) is 0 Å². The molecule has 3 fully saturated rings. The standard InChI is InChI=1S/C10H17NO3/c1-10(2)5-3-6(10)8(11)7(4-5)14-9(12)13/h5-8H,3-4,11H2,1-2H3,(H,12,13)/t5-,6+,7+,8-/m0/s1. The lowest BCUT2D eigenvalue weighted by molar-refractivity contribution is -0.136. The van der Waals surface area contributed by atoms with Crippen LogP contribution in [0.15, 0.2) is 0 Å². The predicted molar refractivity (Wildman–Crippen MR) is 50.9 cm³/mol. The summed E-state index contributed by atoms with van der Waals surface area (Å²) in [4.78, 5) is 10.4. The van der Waals surface area contributed by atoms with E-state index in [1.165, 1.54) is 0 Å². The van der Waals surface area contributed by atoms with E-state index in [1.807, 2.05) is 0 Å². The molecule has 0 saturated heterocycles. The van der Waals surface area contributed by atoms with Crippen molar-refractivity contribution < 1.29 is 14.6 Å². The van der Waals surface area contributed by atoms with Gasteiger partial charge in [0.2, 0.25) is 0 Å². The molecule has 3 N–H and O–H groups in total. The average Bonchev–Trinajstić information content (AvgIpc) is 2.06. The number of hydrogen-bond donors (Lipinski definition) is 2. The summed E-state index contributed by atoms with van der Waals surface area (Å²) in [5.74, 6) is 1.00. The zero-order valence-corrected chi connectivity index (χ0v) is 8.56. The molecule has 3 aliphatic rings. The van der Waals surface area contributed by atoms with Gasteiger partial charge in [-0.3, -0.25) is 0 Å². The van der Waals surface area contributed by atoms with E-state index in [4.69, 9.17) is 15.6 Å². The van der Waals surface area contributed by atoms with Crippen LogP contribution in [-0.2, 0) is 4.74 Å². The molecule has 3 rings (SSSR count). The van der Waals surface area contributed by atoms with Crippen molar-refractivity contribution in [2.75, 3.05) is 0 Å². The van der Waals surface area contributed by atoms with Crippen LogP contribution in [0, 0.1) is 17.3 Å². The van der Waals surface area contributed by atoms with E-state index < -0.39 is 6.16 Å². The maximum atomic E-state index is 10.4. The number of nitrogens with two attached hydrogens (primary N) is 1. The first-order chi connectivity index (χ1) is 6.43. The minimum atomic E-state index is -1.20. The molecule has 0 aromatic heterocycles. The summed E-state index contributed by atoms with van der Waals surface area (Å²) in [5.41, 5.74) is 6.27. The molecule has 3 aliphatic carbocycles. The van der Waals surface area contributed by atoms with Gasteiger partial charge in [-0.1, -0.05) is 13.8 Å². The van der Waals surface area contributed by atoms with Crippen molar-refractivity contribution >= 4 is 6.16 Å². The lowest BCUT2D eigenvalue weighted by Gasteiger charge is -2.60. The highest BCUT2D eigenvalue weighted by molar-refractivity contribution is 5.57. The summed E-state index contributed by atoms with van der Waals surface area (Å²) in [6.45, 7) is 4.42. The third kappa shape index (κ3) is 1.21. The Balaban J connectivity index is 2.04. The van der Waals surface area contributed by atoms with Crippen LogP contribution in [0.4, 0.5) is 4.79 Å². The third-order valence-electron chi connectivity index (χ3n) is 4.21. The summed E-state index contributed by atoms with van der Waals surface area (Å²) >= 11 is 0. The number of fused-ring (bicyclic) bond motifs is 2. The van der Waals surface area contributed by atoms with Crippen molar-refractivity contribution in [2.24, 2.45) is 23.0 Å². The number of hydrogen-bond acceptors (Lipinski definition) is 3. The molecule has 0 aromatic rings. The van der Waals surface area contributed by atoms with Crippen LogP contribution in [0.5, 0.6) is 0 Å². The molecule has 4 heteroatoms. The highest BCUT2D eigenvalue weighted by Gasteiger charge is 2.57. The minimum absolute atomic E-state index is 0.119. The topological polar surface area (TPSA) is 72.5 Å². The van der Waals surface area contributed by atoms with E-state index >= 15 is 0 Å². The molecule has 3 saturated carbocycles. The van der Waals surface area contributed by atoms with Crippen LogP contribution in [0.2, 0.25) is 0 Å². The predicted octanol–water partition coefficient (Wildman–Crippen LogP) is 1.44. The van der Waals surface area contributed by atoms with Crippen LogP contribution < -0.4 is 5.73 Å². The third-order valence-corrected chi connectivity index (χ3v) is 4.21. The zero-order valence-electron chi connectivity index (χ0n) is 8.56. The SMILES string of the molecule is CC1(C)[C@H]2C[C@@H]1[C@H](N)[C@H](OC(=O)O)C2. The largest absolute Gasteiger partial charge is 0.506 e. The Hall–Kier alpha value is -0.770. The molecular weight excluding hydrogens is 182 g/mol. The summed E-state index contributed by atoms with van der Waals surface area (Å²) in [5, 5.41) is 8.54. The second-order valence-electron chi connectivity index (χ2n) is 5.10. The van der Waals surface area contributed by atoms with Crippen molar-refractivity contribution in [1.82, 2.24) is 0 Å². The maximum absolute atomic E-state index is 10.4. The lowest BCUT2D eigenvalue weighted by atomic mass is 9.46. The van der Waals surface area contributed by atoms with Gasteiger partial charge in [0.1, 0.15) is 6.10 Å². The number of rotatable bonds is 1. The monoisotopic (exact) mass is 199 g/mol. The highest BCUT2D eigenvalue weighted by atomic mass is 16.7. The molecule has 0 aliphatic heterocycles. The van der Waals surface area contributed by atoms with Crippen LogP contribution in [-0.4, -0.2) is 23.4 Å². The fraction of sp³-hybridized carbons (Fsp3) is 0.900. The Bertz CT molecular complexity index is 264. The maximum Gasteiger partial charge on any atom is 0.506 e. The first-order valence-electron chi connectivity index (χ1n) is 5.08. The minimum Gasteiger partial charge on any atom is -0.450 e. The Labute approximate surface area is 83.4 Å². The average molecular weight is 199 g/mol. The van der Waals surface area contributed by atoms with E-state index in [0.29, 0.717) is 11.8 Å². The summed E-state index contributed by atoms with van der Waals surface area (Å²) in [6.07, 6.45) is 0.429. The van der Waals surface area contributed by atoms with E-state index in [1.54, 1.807) is 0 Å². The molecule has 0 spiro atoms. The molecule has 0 unspecified atom stereocenters. The fourth-order valence-corrected chi connectivity index (χ4v) is 3.06.